The highest BCUT2D eigenvalue weighted by Gasteiger charge is 2.21. The maximum Gasteiger partial charge on any atom is 0.273 e. The second-order valence-corrected chi connectivity index (χ2v) is 7.23. The molecule has 1 heterocycles. The zero-order valence-electron chi connectivity index (χ0n) is 15.9. The van der Waals surface area contributed by atoms with Gasteiger partial charge in [0.15, 0.2) is 0 Å². The molecule has 0 bridgehead atoms. The number of hydrogen-bond acceptors (Lipinski definition) is 3. The summed E-state index contributed by atoms with van der Waals surface area (Å²) in [5.41, 5.74) is 7.27. The number of nitrogens with one attached hydrogen (secondary N) is 2. The Morgan fingerprint density at radius 3 is 2.34 bits per heavy atom. The maximum absolute atomic E-state index is 12.9. The summed E-state index contributed by atoms with van der Waals surface area (Å²) in [5, 5.41) is 4.93. The van der Waals surface area contributed by atoms with Gasteiger partial charge in [0.05, 0.1) is 29.6 Å². The molecule has 2 N–H and O–H groups in total. The molecule has 0 saturated heterocycles. The largest absolute Gasteiger partial charge is 0.273 e. The number of carbonyl (C=O) groups is 2. The third-order valence-electron chi connectivity index (χ3n) is 4.26. The van der Waals surface area contributed by atoms with E-state index in [1.165, 1.54) is 30.5 Å². The molecule has 0 spiro atoms. The smallest absolute Gasteiger partial charge is 0.273 e. The van der Waals surface area contributed by atoms with E-state index in [1.807, 2.05) is 26.0 Å². The Hall–Kier alpha value is -3.19. The van der Waals surface area contributed by atoms with E-state index in [4.69, 9.17) is 11.6 Å². The van der Waals surface area contributed by atoms with E-state index in [0.29, 0.717) is 21.8 Å². The third kappa shape index (κ3) is 5.00. The number of benzene rings is 2. The van der Waals surface area contributed by atoms with Crippen LogP contribution in [0.4, 0.5) is 4.39 Å². The Labute approximate surface area is 172 Å². The number of amides is 2. The Balaban J connectivity index is 1.71. The summed E-state index contributed by atoms with van der Waals surface area (Å²) in [6.45, 7) is 3.90. The molecule has 0 unspecified atom stereocenters. The molecule has 0 aliphatic rings. The number of aromatic nitrogens is 2. The van der Waals surface area contributed by atoms with Gasteiger partial charge in [-0.15, -0.1) is 0 Å². The molecule has 29 heavy (non-hydrogen) atoms. The molecular weight excluding hydrogens is 395 g/mol. The topological polar surface area (TPSA) is 76.0 Å². The average Bonchev–Trinajstić information content (AvgIpc) is 3.14. The summed E-state index contributed by atoms with van der Waals surface area (Å²) in [5.74, 6) is -1.26. The molecule has 0 fully saturated rings. The van der Waals surface area contributed by atoms with Crippen molar-refractivity contribution < 1.29 is 14.0 Å². The molecule has 8 heteroatoms. The first-order chi connectivity index (χ1) is 13.8. The van der Waals surface area contributed by atoms with E-state index < -0.39 is 11.8 Å². The van der Waals surface area contributed by atoms with Crippen LogP contribution in [0.1, 0.15) is 41.4 Å². The van der Waals surface area contributed by atoms with Crippen LogP contribution in [-0.4, -0.2) is 21.6 Å². The first kappa shape index (κ1) is 20.5. The molecule has 0 saturated carbocycles. The lowest BCUT2D eigenvalue weighted by atomic mass is 10.1. The predicted octanol–water partition coefficient (Wildman–Crippen LogP) is 3.79. The van der Waals surface area contributed by atoms with Crippen molar-refractivity contribution in [2.75, 3.05) is 0 Å². The molecule has 3 rings (SSSR count). The summed E-state index contributed by atoms with van der Waals surface area (Å²) >= 11 is 5.94. The Morgan fingerprint density at radius 1 is 1.07 bits per heavy atom. The van der Waals surface area contributed by atoms with E-state index in [9.17, 15) is 14.0 Å². The lowest BCUT2D eigenvalue weighted by Gasteiger charge is -2.13. The second-order valence-electron chi connectivity index (χ2n) is 6.79. The van der Waals surface area contributed by atoms with Gasteiger partial charge in [-0.1, -0.05) is 37.6 Å². The van der Waals surface area contributed by atoms with E-state index in [2.05, 4.69) is 16.0 Å². The number of hydrogen-bond donors (Lipinski definition) is 2. The predicted molar refractivity (Wildman–Crippen MR) is 108 cm³/mol. The molecule has 1 aromatic heterocycles. The van der Waals surface area contributed by atoms with Crippen LogP contribution in [-0.2, 0) is 11.2 Å². The van der Waals surface area contributed by atoms with E-state index in [0.717, 1.165) is 5.69 Å². The molecule has 2 amide bonds. The van der Waals surface area contributed by atoms with E-state index in [-0.39, 0.29) is 18.2 Å². The minimum absolute atomic E-state index is 0.00356. The first-order valence-electron chi connectivity index (χ1n) is 9.02. The summed E-state index contributed by atoms with van der Waals surface area (Å²) in [4.78, 5) is 24.7. The molecule has 0 aliphatic carbocycles. The number of halogens is 2. The average molecular weight is 415 g/mol. The van der Waals surface area contributed by atoms with Gasteiger partial charge in [-0.3, -0.25) is 20.4 Å². The standard InChI is InChI=1S/C21H20ClFN4O2/c1-13(2)20-18(12-24-27(20)17-9-5-15(22)6-10-17)21(29)26-25-19(28)11-14-3-7-16(23)8-4-14/h3-10,12-13H,11H2,1-2H3,(H,25,28)(H,26,29). The molecule has 3 aromatic rings. The lowest BCUT2D eigenvalue weighted by molar-refractivity contribution is -0.121. The van der Waals surface area contributed by atoms with Gasteiger partial charge in [-0.05, 0) is 47.9 Å². The Kier molecular flexibility index (Phi) is 6.29. The van der Waals surface area contributed by atoms with Crippen LogP contribution in [0.25, 0.3) is 5.69 Å². The minimum Gasteiger partial charge on any atom is -0.273 e. The van der Waals surface area contributed by atoms with Gasteiger partial charge in [-0.2, -0.15) is 5.10 Å². The summed E-state index contributed by atoms with van der Waals surface area (Å²) in [6.07, 6.45) is 1.48. The molecule has 0 atom stereocenters. The van der Waals surface area contributed by atoms with Gasteiger partial charge >= 0.3 is 0 Å². The third-order valence-corrected chi connectivity index (χ3v) is 4.51. The van der Waals surface area contributed by atoms with Gasteiger partial charge in [0.1, 0.15) is 5.82 Å². The molecule has 6 nitrogen and oxygen atoms in total. The van der Waals surface area contributed by atoms with Crippen molar-refractivity contribution in [3.8, 4) is 5.69 Å². The van der Waals surface area contributed by atoms with Crippen molar-refractivity contribution in [1.82, 2.24) is 20.6 Å². The highest BCUT2D eigenvalue weighted by atomic mass is 35.5. The van der Waals surface area contributed by atoms with Crippen molar-refractivity contribution in [1.29, 1.82) is 0 Å². The van der Waals surface area contributed by atoms with Crippen molar-refractivity contribution in [3.05, 3.63) is 82.4 Å². The molecular formula is C21H20ClFN4O2. The van der Waals surface area contributed by atoms with Crippen LogP contribution in [0.3, 0.4) is 0 Å². The number of nitrogens with zero attached hydrogens (tertiary/aromatic N) is 2. The van der Waals surface area contributed by atoms with Crippen molar-refractivity contribution >= 4 is 23.4 Å². The first-order valence-corrected chi connectivity index (χ1v) is 9.40. The van der Waals surface area contributed by atoms with Crippen molar-refractivity contribution in [2.45, 2.75) is 26.2 Å². The summed E-state index contributed by atoms with van der Waals surface area (Å²) in [6, 6.07) is 12.7. The highest BCUT2D eigenvalue weighted by Crippen LogP contribution is 2.23. The van der Waals surface area contributed by atoms with Gasteiger partial charge in [0.2, 0.25) is 5.91 Å². The van der Waals surface area contributed by atoms with Crippen LogP contribution in [0.5, 0.6) is 0 Å². The van der Waals surface area contributed by atoms with Crippen molar-refractivity contribution in [2.24, 2.45) is 0 Å². The Morgan fingerprint density at radius 2 is 1.72 bits per heavy atom. The van der Waals surface area contributed by atoms with Gasteiger partial charge in [0.25, 0.3) is 5.91 Å². The zero-order chi connectivity index (χ0) is 21.0. The van der Waals surface area contributed by atoms with Crippen LogP contribution in [0.15, 0.2) is 54.7 Å². The zero-order valence-corrected chi connectivity index (χ0v) is 16.7. The van der Waals surface area contributed by atoms with Gasteiger partial charge < -0.3 is 0 Å². The summed E-state index contributed by atoms with van der Waals surface area (Å²) in [7, 11) is 0. The quantitative estimate of drug-likeness (QED) is 0.623. The van der Waals surface area contributed by atoms with Crippen LogP contribution >= 0.6 is 11.6 Å². The minimum atomic E-state index is -0.471. The highest BCUT2D eigenvalue weighted by molar-refractivity contribution is 6.30. The number of rotatable bonds is 5. The number of carbonyl (C=O) groups excluding carboxylic acids is 2. The van der Waals surface area contributed by atoms with Crippen LogP contribution in [0, 0.1) is 5.82 Å². The normalized spacial score (nSPS) is 10.8. The SMILES string of the molecule is CC(C)c1c(C(=O)NNC(=O)Cc2ccc(F)cc2)cnn1-c1ccc(Cl)cc1. The maximum atomic E-state index is 12.9. The molecule has 150 valence electrons. The fourth-order valence-corrected chi connectivity index (χ4v) is 3.03. The molecule has 0 radical (unpaired) electrons. The van der Waals surface area contributed by atoms with E-state index in [1.54, 1.807) is 16.8 Å². The second kappa shape index (κ2) is 8.87. The van der Waals surface area contributed by atoms with Crippen LogP contribution in [0.2, 0.25) is 5.02 Å². The fourth-order valence-electron chi connectivity index (χ4n) is 2.90. The molecule has 0 aliphatic heterocycles. The lowest BCUT2D eigenvalue weighted by Crippen LogP contribution is -2.42. The van der Waals surface area contributed by atoms with E-state index >= 15 is 0 Å². The van der Waals surface area contributed by atoms with Gasteiger partial charge in [0, 0.05) is 5.02 Å². The fraction of sp³-hybridized carbons (Fsp3) is 0.190. The number of hydrazine groups is 1. The summed E-state index contributed by atoms with van der Waals surface area (Å²) < 4.78 is 14.6. The van der Waals surface area contributed by atoms with Gasteiger partial charge in [-0.25, -0.2) is 9.07 Å². The Bertz CT molecular complexity index is 1010. The van der Waals surface area contributed by atoms with Crippen LogP contribution < -0.4 is 10.9 Å². The monoisotopic (exact) mass is 414 g/mol. The molecule has 2 aromatic carbocycles. The van der Waals surface area contributed by atoms with Crippen molar-refractivity contribution in [3.63, 3.8) is 0 Å².